The molecular weight excluding hydrogens is 314 g/mol. The summed E-state index contributed by atoms with van der Waals surface area (Å²) in [6.45, 7) is 3.37. The van der Waals surface area contributed by atoms with Crippen LogP contribution < -0.4 is 9.64 Å². The first-order valence-electron chi connectivity index (χ1n) is 8.70. The lowest BCUT2D eigenvalue weighted by Gasteiger charge is -2.32. The molecule has 1 amide bonds. The van der Waals surface area contributed by atoms with Crippen molar-refractivity contribution < 1.29 is 9.53 Å². The molecule has 1 aromatic carbocycles. The average molecular weight is 339 g/mol. The van der Waals surface area contributed by atoms with Crippen LogP contribution in [-0.2, 0) is 0 Å². The summed E-state index contributed by atoms with van der Waals surface area (Å²) in [6.07, 6.45) is 1.77. The van der Waals surface area contributed by atoms with Gasteiger partial charge in [0, 0.05) is 63.0 Å². The maximum atomic E-state index is 12.7. The molecule has 0 spiro atoms. The number of rotatable bonds is 4. The van der Waals surface area contributed by atoms with Crippen LogP contribution in [0.2, 0.25) is 0 Å². The van der Waals surface area contributed by atoms with Crippen molar-refractivity contribution in [2.24, 2.45) is 0 Å². The lowest BCUT2D eigenvalue weighted by molar-refractivity contribution is 0.0588. The topological polar surface area (TPSA) is 45.7 Å². The monoisotopic (exact) mass is 339 g/mol. The number of carbonyl (C=O) groups is 1. The van der Waals surface area contributed by atoms with Gasteiger partial charge in [0.2, 0.25) is 5.88 Å². The van der Waals surface area contributed by atoms with Crippen LogP contribution in [0.4, 0.5) is 5.69 Å². The van der Waals surface area contributed by atoms with Gasteiger partial charge in [-0.3, -0.25) is 4.79 Å². The van der Waals surface area contributed by atoms with Gasteiger partial charge in [-0.25, -0.2) is 4.98 Å². The first-order valence-corrected chi connectivity index (χ1v) is 8.70. The van der Waals surface area contributed by atoms with Gasteiger partial charge in [0.15, 0.2) is 0 Å². The zero-order valence-corrected chi connectivity index (χ0v) is 15.1. The van der Waals surface area contributed by atoms with E-state index in [0.717, 1.165) is 29.8 Å². The van der Waals surface area contributed by atoms with Gasteiger partial charge in [-0.15, -0.1) is 0 Å². The van der Waals surface area contributed by atoms with E-state index in [1.165, 1.54) is 0 Å². The second-order valence-corrected chi connectivity index (χ2v) is 6.67. The molecule has 0 unspecified atom stereocenters. The Labute approximate surface area is 149 Å². The molecule has 3 rings (SSSR count). The minimum absolute atomic E-state index is 0.0934. The molecule has 2 aromatic rings. The summed E-state index contributed by atoms with van der Waals surface area (Å²) in [7, 11) is 3.96. The van der Waals surface area contributed by atoms with Crippen molar-refractivity contribution in [2.45, 2.75) is 25.9 Å². The van der Waals surface area contributed by atoms with Crippen LogP contribution >= 0.6 is 0 Å². The van der Waals surface area contributed by atoms with Gasteiger partial charge in [0.25, 0.3) is 5.91 Å². The predicted molar refractivity (Wildman–Crippen MR) is 99.3 cm³/mol. The zero-order valence-electron chi connectivity index (χ0n) is 15.1. The summed E-state index contributed by atoms with van der Waals surface area (Å²) in [5.74, 6) is 0.763. The number of carbonyl (C=O) groups excluding carboxylic acids is 1. The van der Waals surface area contributed by atoms with Crippen LogP contribution in [0.15, 0.2) is 42.5 Å². The highest BCUT2D eigenvalue weighted by Gasteiger charge is 2.25. The van der Waals surface area contributed by atoms with Gasteiger partial charge >= 0.3 is 0 Å². The number of nitrogens with zero attached hydrogens (tertiary/aromatic N) is 3. The van der Waals surface area contributed by atoms with Crippen LogP contribution in [0, 0.1) is 6.92 Å². The Kier molecular flexibility index (Phi) is 5.22. The molecule has 1 saturated heterocycles. The first-order chi connectivity index (χ1) is 12.0. The number of anilines is 1. The molecule has 1 aliphatic heterocycles. The lowest BCUT2D eigenvalue weighted by atomic mass is 10.1. The van der Waals surface area contributed by atoms with Gasteiger partial charge in [-0.2, -0.15) is 0 Å². The molecular formula is C20H25N3O2. The molecule has 1 fully saturated rings. The van der Waals surface area contributed by atoms with Crippen molar-refractivity contribution in [3.63, 3.8) is 0 Å². The summed E-state index contributed by atoms with van der Waals surface area (Å²) < 4.78 is 5.96. The van der Waals surface area contributed by atoms with E-state index in [2.05, 4.69) is 4.98 Å². The molecule has 0 atom stereocenters. The third-order valence-electron chi connectivity index (χ3n) is 4.49. The minimum atomic E-state index is 0.0934. The largest absolute Gasteiger partial charge is 0.474 e. The maximum Gasteiger partial charge on any atom is 0.253 e. The van der Waals surface area contributed by atoms with E-state index in [4.69, 9.17) is 4.74 Å². The fraction of sp³-hybridized carbons (Fsp3) is 0.400. The molecule has 0 N–H and O–H groups in total. The Balaban J connectivity index is 1.58. The van der Waals surface area contributed by atoms with Gasteiger partial charge in [-0.05, 0) is 31.2 Å². The summed E-state index contributed by atoms with van der Waals surface area (Å²) in [5, 5.41) is 0. The van der Waals surface area contributed by atoms with Crippen molar-refractivity contribution in [3.8, 4) is 5.88 Å². The number of hydrogen-bond donors (Lipinski definition) is 0. The summed E-state index contributed by atoms with van der Waals surface area (Å²) in [5.41, 5.74) is 2.73. The predicted octanol–water partition coefficient (Wildman–Crippen LogP) is 3.14. The minimum Gasteiger partial charge on any atom is -0.474 e. The molecule has 2 heterocycles. The van der Waals surface area contributed by atoms with Gasteiger partial charge < -0.3 is 14.5 Å². The number of piperidine rings is 1. The Morgan fingerprint density at radius 1 is 1.16 bits per heavy atom. The van der Waals surface area contributed by atoms with E-state index in [1.807, 2.05) is 73.3 Å². The highest BCUT2D eigenvalue weighted by molar-refractivity contribution is 5.95. The SMILES string of the molecule is Cc1cccc(OC2CCN(C(=O)c3cccc(N(C)C)c3)CC2)n1. The van der Waals surface area contributed by atoms with Crippen LogP contribution in [0.3, 0.4) is 0 Å². The molecule has 5 heteroatoms. The first kappa shape index (κ1) is 17.3. The number of likely N-dealkylation sites (tertiary alicyclic amines) is 1. The van der Waals surface area contributed by atoms with Crippen molar-refractivity contribution in [2.75, 3.05) is 32.1 Å². The van der Waals surface area contributed by atoms with Gasteiger partial charge in [0.05, 0.1) is 0 Å². The molecule has 5 nitrogen and oxygen atoms in total. The smallest absolute Gasteiger partial charge is 0.253 e. The fourth-order valence-electron chi connectivity index (χ4n) is 3.03. The van der Waals surface area contributed by atoms with E-state index < -0.39 is 0 Å². The molecule has 0 saturated carbocycles. The van der Waals surface area contributed by atoms with E-state index in [0.29, 0.717) is 19.0 Å². The molecule has 0 aliphatic carbocycles. The number of pyridine rings is 1. The molecule has 0 radical (unpaired) electrons. The highest BCUT2D eigenvalue weighted by atomic mass is 16.5. The van der Waals surface area contributed by atoms with Crippen LogP contribution in [-0.4, -0.2) is 49.1 Å². The summed E-state index contributed by atoms with van der Waals surface area (Å²) in [4.78, 5) is 21.0. The normalized spacial score (nSPS) is 15.1. The summed E-state index contributed by atoms with van der Waals surface area (Å²) in [6, 6.07) is 13.6. The molecule has 1 aliphatic rings. The van der Waals surface area contributed by atoms with Crippen LogP contribution in [0.1, 0.15) is 28.9 Å². The third kappa shape index (κ3) is 4.29. The maximum absolute atomic E-state index is 12.7. The highest BCUT2D eigenvalue weighted by Crippen LogP contribution is 2.20. The van der Waals surface area contributed by atoms with E-state index >= 15 is 0 Å². The molecule has 0 bridgehead atoms. The van der Waals surface area contributed by atoms with E-state index in [-0.39, 0.29) is 12.0 Å². The Hall–Kier alpha value is -2.56. The third-order valence-corrected chi connectivity index (χ3v) is 4.49. The Bertz CT molecular complexity index is 737. The number of benzene rings is 1. The number of aryl methyl sites for hydroxylation is 1. The average Bonchev–Trinajstić information content (AvgIpc) is 2.62. The van der Waals surface area contributed by atoms with Crippen molar-refractivity contribution >= 4 is 11.6 Å². The second kappa shape index (κ2) is 7.55. The van der Waals surface area contributed by atoms with Crippen LogP contribution in [0.25, 0.3) is 0 Å². The fourth-order valence-corrected chi connectivity index (χ4v) is 3.03. The molecule has 132 valence electrons. The Morgan fingerprint density at radius 2 is 1.88 bits per heavy atom. The number of aromatic nitrogens is 1. The molecule has 1 aromatic heterocycles. The van der Waals surface area contributed by atoms with Crippen molar-refractivity contribution in [1.29, 1.82) is 0 Å². The van der Waals surface area contributed by atoms with Crippen molar-refractivity contribution in [3.05, 3.63) is 53.7 Å². The van der Waals surface area contributed by atoms with Gasteiger partial charge in [-0.1, -0.05) is 12.1 Å². The standard InChI is InChI=1S/C20H25N3O2/c1-15-6-4-9-19(21-15)25-18-10-12-23(13-11-18)20(24)16-7-5-8-17(14-16)22(2)3/h4-9,14,18H,10-13H2,1-3H3. The van der Waals surface area contributed by atoms with Crippen LogP contribution in [0.5, 0.6) is 5.88 Å². The van der Waals surface area contributed by atoms with Crippen molar-refractivity contribution in [1.82, 2.24) is 9.88 Å². The number of amides is 1. The Morgan fingerprint density at radius 3 is 2.56 bits per heavy atom. The van der Waals surface area contributed by atoms with E-state index in [1.54, 1.807) is 0 Å². The second-order valence-electron chi connectivity index (χ2n) is 6.67. The quantitative estimate of drug-likeness (QED) is 0.858. The molecule has 25 heavy (non-hydrogen) atoms. The van der Waals surface area contributed by atoms with Gasteiger partial charge in [0.1, 0.15) is 6.10 Å². The van der Waals surface area contributed by atoms with E-state index in [9.17, 15) is 4.79 Å². The number of ether oxygens (including phenoxy) is 1. The summed E-state index contributed by atoms with van der Waals surface area (Å²) >= 11 is 0. The number of hydrogen-bond acceptors (Lipinski definition) is 4. The lowest BCUT2D eigenvalue weighted by Crippen LogP contribution is -2.41. The zero-order chi connectivity index (χ0) is 17.8.